The number of β-amino-alcohol motifs (C(OH)–C–C–N with tert-alkyl or cyclic N) is 1. The molecule has 4 nitrogen and oxygen atoms in total. The van der Waals surface area contributed by atoms with Crippen molar-refractivity contribution in [3.05, 3.63) is 35.4 Å². The Kier molecular flexibility index (Phi) is 3.18. The van der Waals surface area contributed by atoms with E-state index in [1.54, 1.807) is 12.1 Å². The van der Waals surface area contributed by atoms with Crippen LogP contribution in [0.4, 0.5) is 0 Å². The summed E-state index contributed by atoms with van der Waals surface area (Å²) in [5, 5.41) is 17.6. The summed E-state index contributed by atoms with van der Waals surface area (Å²) in [6.07, 6.45) is 0. The molecule has 4 heteroatoms. The number of aliphatic imine (C=N–C) groups is 1. The highest BCUT2D eigenvalue weighted by molar-refractivity contribution is 5.99. The van der Waals surface area contributed by atoms with Crippen LogP contribution in [0.5, 0.6) is 0 Å². The molecule has 0 radical (unpaired) electrons. The van der Waals surface area contributed by atoms with Gasteiger partial charge in [-0.1, -0.05) is 0 Å². The Balaban J connectivity index is 2.20. The third-order valence-corrected chi connectivity index (χ3v) is 2.57. The molecule has 16 heavy (non-hydrogen) atoms. The Labute approximate surface area is 94.5 Å². The summed E-state index contributed by atoms with van der Waals surface area (Å²) in [5.74, 6) is 0.915. The highest BCUT2D eigenvalue weighted by Gasteiger charge is 2.17. The average Bonchev–Trinajstić information content (AvgIpc) is 2.78. The minimum absolute atomic E-state index is 0.134. The number of rotatable bonds is 3. The van der Waals surface area contributed by atoms with Crippen molar-refractivity contribution in [1.29, 1.82) is 5.26 Å². The summed E-state index contributed by atoms with van der Waals surface area (Å²) >= 11 is 0. The van der Waals surface area contributed by atoms with Crippen LogP contribution in [0.3, 0.4) is 0 Å². The monoisotopic (exact) mass is 215 g/mol. The summed E-state index contributed by atoms with van der Waals surface area (Å²) in [7, 11) is 0. The number of nitrogens with zero attached hydrogens (tertiary/aromatic N) is 3. The lowest BCUT2D eigenvalue weighted by Crippen LogP contribution is -2.31. The summed E-state index contributed by atoms with van der Waals surface area (Å²) in [5.41, 5.74) is 1.65. The molecule has 0 spiro atoms. The number of benzene rings is 1. The van der Waals surface area contributed by atoms with Gasteiger partial charge in [-0.25, -0.2) is 0 Å². The number of hydrogen-bond donors (Lipinski definition) is 1. The van der Waals surface area contributed by atoms with Crippen LogP contribution in [-0.2, 0) is 0 Å². The maximum Gasteiger partial charge on any atom is 0.131 e. The van der Waals surface area contributed by atoms with E-state index in [2.05, 4.69) is 16.0 Å². The van der Waals surface area contributed by atoms with Crippen LogP contribution >= 0.6 is 0 Å². The van der Waals surface area contributed by atoms with Crippen LogP contribution in [0.1, 0.15) is 11.1 Å². The molecule has 1 aromatic carbocycles. The minimum atomic E-state index is 0.134. The molecular weight excluding hydrogens is 202 g/mol. The molecule has 0 aromatic heterocycles. The van der Waals surface area contributed by atoms with E-state index in [-0.39, 0.29) is 6.61 Å². The van der Waals surface area contributed by atoms with Crippen LogP contribution in [0.2, 0.25) is 0 Å². The van der Waals surface area contributed by atoms with Crippen LogP contribution in [0.15, 0.2) is 29.3 Å². The lowest BCUT2D eigenvalue weighted by molar-refractivity contribution is 0.256. The van der Waals surface area contributed by atoms with Crippen molar-refractivity contribution in [2.45, 2.75) is 0 Å². The van der Waals surface area contributed by atoms with Crippen molar-refractivity contribution < 1.29 is 5.11 Å². The second-order valence-electron chi connectivity index (χ2n) is 3.61. The maximum atomic E-state index is 8.93. The van der Waals surface area contributed by atoms with Gasteiger partial charge in [-0.3, -0.25) is 4.99 Å². The van der Waals surface area contributed by atoms with E-state index in [0.29, 0.717) is 12.1 Å². The Morgan fingerprint density at radius 1 is 1.38 bits per heavy atom. The van der Waals surface area contributed by atoms with Gasteiger partial charge < -0.3 is 10.0 Å². The van der Waals surface area contributed by atoms with Crippen molar-refractivity contribution >= 4 is 5.84 Å². The molecule has 0 atom stereocenters. The van der Waals surface area contributed by atoms with Gasteiger partial charge in [-0.05, 0) is 24.3 Å². The highest BCUT2D eigenvalue weighted by Crippen LogP contribution is 2.12. The van der Waals surface area contributed by atoms with Gasteiger partial charge in [0, 0.05) is 18.7 Å². The van der Waals surface area contributed by atoms with E-state index < -0.39 is 0 Å². The highest BCUT2D eigenvalue weighted by atomic mass is 16.3. The SMILES string of the molecule is N#Cc1ccc(C2=NCCN2CCO)cc1. The summed E-state index contributed by atoms with van der Waals surface area (Å²) in [6.45, 7) is 2.37. The normalized spacial score (nSPS) is 14.8. The molecule has 82 valence electrons. The zero-order valence-corrected chi connectivity index (χ0v) is 8.93. The van der Waals surface area contributed by atoms with Gasteiger partial charge >= 0.3 is 0 Å². The molecule has 1 heterocycles. The van der Waals surface area contributed by atoms with Gasteiger partial charge in [0.05, 0.1) is 24.8 Å². The molecule has 2 rings (SSSR count). The molecule has 0 saturated heterocycles. The van der Waals surface area contributed by atoms with Crippen molar-refractivity contribution in [3.63, 3.8) is 0 Å². The zero-order valence-electron chi connectivity index (χ0n) is 8.93. The van der Waals surface area contributed by atoms with Gasteiger partial charge in [0.2, 0.25) is 0 Å². The van der Waals surface area contributed by atoms with E-state index in [1.165, 1.54) is 0 Å². The van der Waals surface area contributed by atoms with Crippen molar-refractivity contribution in [1.82, 2.24) is 4.90 Å². The first kappa shape index (κ1) is 10.7. The lowest BCUT2D eigenvalue weighted by atomic mass is 10.1. The fourth-order valence-electron chi connectivity index (χ4n) is 1.79. The maximum absolute atomic E-state index is 8.93. The molecule has 0 amide bonds. The number of hydrogen-bond acceptors (Lipinski definition) is 4. The third kappa shape index (κ3) is 2.05. The second-order valence-corrected chi connectivity index (χ2v) is 3.61. The topological polar surface area (TPSA) is 59.6 Å². The van der Waals surface area contributed by atoms with E-state index in [0.717, 1.165) is 24.5 Å². The van der Waals surface area contributed by atoms with Crippen molar-refractivity contribution in [2.75, 3.05) is 26.2 Å². The molecule has 0 unspecified atom stereocenters. The van der Waals surface area contributed by atoms with Gasteiger partial charge in [-0.2, -0.15) is 5.26 Å². The fraction of sp³-hybridized carbons (Fsp3) is 0.333. The Morgan fingerprint density at radius 3 is 2.75 bits per heavy atom. The van der Waals surface area contributed by atoms with Gasteiger partial charge in [-0.15, -0.1) is 0 Å². The van der Waals surface area contributed by atoms with E-state index >= 15 is 0 Å². The standard InChI is InChI=1S/C12H13N3O/c13-9-10-1-3-11(4-2-10)12-14-5-6-15(12)7-8-16/h1-4,16H,5-8H2. The number of aliphatic hydroxyl groups excluding tert-OH is 1. The van der Waals surface area contributed by atoms with Gasteiger partial charge in [0.15, 0.2) is 0 Å². The molecule has 1 aliphatic heterocycles. The van der Waals surface area contributed by atoms with Gasteiger partial charge in [0.25, 0.3) is 0 Å². The number of aliphatic hydroxyl groups is 1. The molecular formula is C12H13N3O. The van der Waals surface area contributed by atoms with Crippen molar-refractivity contribution in [2.24, 2.45) is 4.99 Å². The molecule has 0 fully saturated rings. The average molecular weight is 215 g/mol. The largest absolute Gasteiger partial charge is 0.395 e. The smallest absolute Gasteiger partial charge is 0.131 e. The Bertz CT molecular complexity index is 431. The van der Waals surface area contributed by atoms with E-state index in [9.17, 15) is 0 Å². The summed E-state index contributed by atoms with van der Waals surface area (Å²) < 4.78 is 0. The van der Waals surface area contributed by atoms with E-state index in [4.69, 9.17) is 10.4 Å². The third-order valence-electron chi connectivity index (χ3n) is 2.57. The van der Waals surface area contributed by atoms with Crippen LogP contribution in [-0.4, -0.2) is 42.1 Å². The van der Waals surface area contributed by atoms with Crippen LogP contribution in [0, 0.1) is 11.3 Å². The first-order valence-electron chi connectivity index (χ1n) is 5.26. The molecule has 1 aromatic rings. The van der Waals surface area contributed by atoms with Crippen molar-refractivity contribution in [3.8, 4) is 6.07 Å². The molecule has 0 aliphatic carbocycles. The van der Waals surface area contributed by atoms with E-state index in [1.807, 2.05) is 12.1 Å². The zero-order chi connectivity index (χ0) is 11.4. The molecule has 0 bridgehead atoms. The minimum Gasteiger partial charge on any atom is -0.395 e. The lowest BCUT2D eigenvalue weighted by Gasteiger charge is -2.18. The first-order valence-corrected chi connectivity index (χ1v) is 5.26. The van der Waals surface area contributed by atoms with Crippen LogP contribution < -0.4 is 0 Å². The fourth-order valence-corrected chi connectivity index (χ4v) is 1.79. The number of nitriles is 1. The Hall–Kier alpha value is -1.86. The molecule has 1 N–H and O–H groups in total. The van der Waals surface area contributed by atoms with Gasteiger partial charge in [0.1, 0.15) is 5.84 Å². The predicted octanol–water partition coefficient (Wildman–Crippen LogP) is 0.613. The molecule has 0 saturated carbocycles. The second kappa shape index (κ2) is 4.77. The summed E-state index contributed by atoms with van der Waals surface area (Å²) in [4.78, 5) is 6.47. The molecule has 1 aliphatic rings. The summed E-state index contributed by atoms with van der Waals surface area (Å²) in [6, 6.07) is 9.45. The number of amidine groups is 1. The Morgan fingerprint density at radius 2 is 2.12 bits per heavy atom. The predicted molar refractivity (Wildman–Crippen MR) is 61.2 cm³/mol. The quantitative estimate of drug-likeness (QED) is 0.803. The first-order chi connectivity index (χ1) is 7.85. The van der Waals surface area contributed by atoms with Crippen LogP contribution in [0.25, 0.3) is 0 Å².